The van der Waals surface area contributed by atoms with Crippen LogP contribution in [0.15, 0.2) is 47.4 Å². The van der Waals surface area contributed by atoms with Crippen molar-refractivity contribution in [1.82, 2.24) is 0 Å². The lowest BCUT2D eigenvalue weighted by atomic mass is 10.1. The number of carbonyl (C=O) groups is 2. The molecule has 0 aliphatic carbocycles. The first-order valence-corrected chi connectivity index (χ1v) is 9.28. The van der Waals surface area contributed by atoms with Crippen molar-refractivity contribution in [2.45, 2.75) is 6.92 Å². The highest BCUT2D eigenvalue weighted by Crippen LogP contribution is 2.37. The third kappa shape index (κ3) is 3.89. The van der Waals surface area contributed by atoms with E-state index in [4.69, 9.17) is 21.7 Å². The van der Waals surface area contributed by atoms with Crippen molar-refractivity contribution in [2.24, 2.45) is 0 Å². The van der Waals surface area contributed by atoms with E-state index in [1.807, 2.05) is 6.07 Å². The van der Waals surface area contributed by atoms with Crippen molar-refractivity contribution in [3.05, 3.63) is 58.5 Å². The van der Waals surface area contributed by atoms with Gasteiger partial charge in [0.05, 0.1) is 24.8 Å². The SMILES string of the molecule is COc1ccc(C=C2SC(=S)N(c3cccc(C(C)=O)c3)C2=O)c(OC)c1. The standard InChI is InChI=1S/C20H17NO4S2/c1-12(22)13-5-4-6-15(9-13)21-19(23)18(27-20(21)26)10-14-7-8-16(24-2)11-17(14)25-3/h4-11H,1-3H3. The number of hydrogen-bond acceptors (Lipinski definition) is 6. The largest absolute Gasteiger partial charge is 0.497 e. The molecule has 3 rings (SSSR count). The molecule has 1 aliphatic rings. The number of ether oxygens (including phenoxy) is 2. The van der Waals surface area contributed by atoms with Gasteiger partial charge in [0.25, 0.3) is 5.91 Å². The van der Waals surface area contributed by atoms with Crippen LogP contribution < -0.4 is 14.4 Å². The summed E-state index contributed by atoms with van der Waals surface area (Å²) in [5, 5.41) is 0. The Balaban J connectivity index is 1.96. The summed E-state index contributed by atoms with van der Waals surface area (Å²) < 4.78 is 11.0. The first-order chi connectivity index (χ1) is 12.9. The maximum absolute atomic E-state index is 12.9. The number of nitrogens with zero attached hydrogens (tertiary/aromatic N) is 1. The Kier molecular flexibility index (Phi) is 5.62. The molecule has 2 aromatic rings. The zero-order chi connectivity index (χ0) is 19.6. The van der Waals surface area contributed by atoms with Crippen molar-refractivity contribution < 1.29 is 19.1 Å². The Labute approximate surface area is 167 Å². The van der Waals surface area contributed by atoms with E-state index in [9.17, 15) is 9.59 Å². The summed E-state index contributed by atoms with van der Waals surface area (Å²) in [5.41, 5.74) is 1.86. The molecule has 0 atom stereocenters. The maximum atomic E-state index is 12.9. The van der Waals surface area contributed by atoms with Gasteiger partial charge in [-0.05, 0) is 37.3 Å². The van der Waals surface area contributed by atoms with E-state index in [0.29, 0.717) is 32.0 Å². The van der Waals surface area contributed by atoms with Crippen LogP contribution in [0.25, 0.3) is 6.08 Å². The third-order valence-corrected chi connectivity index (χ3v) is 5.33. The van der Waals surface area contributed by atoms with Crippen LogP contribution in [0.4, 0.5) is 5.69 Å². The predicted molar refractivity (Wildman–Crippen MR) is 112 cm³/mol. The normalized spacial score (nSPS) is 15.4. The van der Waals surface area contributed by atoms with Crippen LogP contribution in [0.5, 0.6) is 11.5 Å². The number of rotatable bonds is 5. The second-order valence-electron chi connectivity index (χ2n) is 5.73. The number of Topliss-reactive ketones (excluding diaryl/α,β-unsaturated/α-hetero) is 1. The first-order valence-electron chi connectivity index (χ1n) is 8.05. The molecule has 1 aliphatic heterocycles. The van der Waals surface area contributed by atoms with Gasteiger partial charge in [-0.2, -0.15) is 0 Å². The number of thioether (sulfide) groups is 1. The van der Waals surface area contributed by atoms with Gasteiger partial charge < -0.3 is 9.47 Å². The summed E-state index contributed by atoms with van der Waals surface area (Å²) in [6, 6.07) is 12.2. The molecule has 0 bridgehead atoms. The summed E-state index contributed by atoms with van der Waals surface area (Å²) >= 11 is 6.61. The minimum atomic E-state index is -0.233. The smallest absolute Gasteiger partial charge is 0.270 e. The molecular weight excluding hydrogens is 382 g/mol. The van der Waals surface area contributed by atoms with Crippen molar-refractivity contribution in [2.75, 3.05) is 19.1 Å². The molecule has 138 valence electrons. The predicted octanol–water partition coefficient (Wildman–Crippen LogP) is 4.31. The molecule has 0 N–H and O–H groups in total. The van der Waals surface area contributed by atoms with Crippen LogP contribution in [-0.4, -0.2) is 30.2 Å². The van der Waals surface area contributed by atoms with E-state index < -0.39 is 0 Å². The van der Waals surface area contributed by atoms with Crippen LogP contribution in [0.1, 0.15) is 22.8 Å². The molecule has 0 aromatic heterocycles. The summed E-state index contributed by atoms with van der Waals surface area (Å²) in [6.45, 7) is 1.49. The zero-order valence-electron chi connectivity index (χ0n) is 15.0. The Morgan fingerprint density at radius 2 is 1.93 bits per heavy atom. The van der Waals surface area contributed by atoms with Gasteiger partial charge in [0.15, 0.2) is 10.1 Å². The second-order valence-corrected chi connectivity index (χ2v) is 7.41. The maximum Gasteiger partial charge on any atom is 0.270 e. The van der Waals surface area contributed by atoms with Crippen molar-refractivity contribution in [1.29, 1.82) is 0 Å². The zero-order valence-corrected chi connectivity index (χ0v) is 16.6. The fourth-order valence-electron chi connectivity index (χ4n) is 2.63. The average molecular weight is 399 g/mol. The highest BCUT2D eigenvalue weighted by molar-refractivity contribution is 8.27. The molecule has 1 amide bonds. The van der Waals surface area contributed by atoms with Gasteiger partial charge in [0.1, 0.15) is 11.5 Å². The van der Waals surface area contributed by atoms with Crippen LogP contribution in [0.2, 0.25) is 0 Å². The topological polar surface area (TPSA) is 55.8 Å². The number of carbonyl (C=O) groups excluding carboxylic acids is 2. The average Bonchev–Trinajstić information content (AvgIpc) is 2.95. The van der Waals surface area contributed by atoms with E-state index in [2.05, 4.69) is 0 Å². The van der Waals surface area contributed by atoms with E-state index in [0.717, 1.165) is 5.56 Å². The molecule has 1 heterocycles. The van der Waals surface area contributed by atoms with E-state index in [1.54, 1.807) is 56.7 Å². The van der Waals surface area contributed by atoms with Gasteiger partial charge in [0.2, 0.25) is 0 Å². The fraction of sp³-hybridized carbons (Fsp3) is 0.150. The molecule has 0 unspecified atom stereocenters. The molecule has 2 aromatic carbocycles. The minimum Gasteiger partial charge on any atom is -0.497 e. The van der Waals surface area contributed by atoms with Crippen LogP contribution >= 0.6 is 24.0 Å². The number of ketones is 1. The molecule has 1 fully saturated rings. The summed E-state index contributed by atoms with van der Waals surface area (Å²) in [7, 11) is 3.14. The van der Waals surface area contributed by atoms with Gasteiger partial charge >= 0.3 is 0 Å². The van der Waals surface area contributed by atoms with Gasteiger partial charge in [-0.25, -0.2) is 0 Å². The number of thiocarbonyl (C=S) groups is 1. The molecule has 7 heteroatoms. The van der Waals surface area contributed by atoms with Crippen LogP contribution in [0.3, 0.4) is 0 Å². The lowest BCUT2D eigenvalue weighted by Crippen LogP contribution is -2.27. The molecule has 1 saturated heterocycles. The van der Waals surface area contributed by atoms with Crippen molar-refractivity contribution in [3.8, 4) is 11.5 Å². The molecule has 5 nitrogen and oxygen atoms in total. The lowest BCUT2D eigenvalue weighted by Gasteiger charge is -2.15. The number of benzene rings is 2. The number of anilines is 1. The fourth-order valence-corrected chi connectivity index (χ4v) is 3.92. The number of methoxy groups -OCH3 is 2. The molecule has 0 spiro atoms. The molecule has 0 saturated carbocycles. The van der Waals surface area contributed by atoms with Crippen LogP contribution in [-0.2, 0) is 4.79 Å². The Bertz CT molecular complexity index is 968. The van der Waals surface area contributed by atoms with Gasteiger partial charge in [0, 0.05) is 17.2 Å². The lowest BCUT2D eigenvalue weighted by molar-refractivity contribution is -0.113. The monoisotopic (exact) mass is 399 g/mol. The Morgan fingerprint density at radius 1 is 1.15 bits per heavy atom. The van der Waals surface area contributed by atoms with Gasteiger partial charge in [-0.1, -0.05) is 36.1 Å². The van der Waals surface area contributed by atoms with E-state index >= 15 is 0 Å². The van der Waals surface area contributed by atoms with Crippen molar-refractivity contribution >= 4 is 51.8 Å². The number of amides is 1. The quantitative estimate of drug-likeness (QED) is 0.424. The summed E-state index contributed by atoms with van der Waals surface area (Å²) in [4.78, 5) is 26.5. The highest BCUT2D eigenvalue weighted by atomic mass is 32.2. The third-order valence-electron chi connectivity index (χ3n) is 4.03. The van der Waals surface area contributed by atoms with Gasteiger partial charge in [-0.15, -0.1) is 0 Å². The summed E-state index contributed by atoms with van der Waals surface area (Å²) in [6.07, 6.45) is 1.74. The van der Waals surface area contributed by atoms with E-state index in [1.165, 1.54) is 23.6 Å². The Hall–Kier alpha value is -2.64. The van der Waals surface area contributed by atoms with Crippen LogP contribution in [0, 0.1) is 0 Å². The minimum absolute atomic E-state index is 0.0687. The first kappa shape index (κ1) is 19.1. The summed E-state index contributed by atoms with van der Waals surface area (Å²) in [5.74, 6) is 0.958. The molecule has 27 heavy (non-hydrogen) atoms. The number of hydrogen-bond donors (Lipinski definition) is 0. The van der Waals surface area contributed by atoms with Gasteiger partial charge in [-0.3, -0.25) is 14.5 Å². The molecular formula is C20H17NO4S2. The highest BCUT2D eigenvalue weighted by Gasteiger charge is 2.33. The molecule has 0 radical (unpaired) electrons. The Morgan fingerprint density at radius 3 is 2.59 bits per heavy atom. The van der Waals surface area contributed by atoms with E-state index in [-0.39, 0.29) is 11.7 Å². The van der Waals surface area contributed by atoms with Crippen molar-refractivity contribution in [3.63, 3.8) is 0 Å². The second kappa shape index (κ2) is 7.94.